The van der Waals surface area contributed by atoms with E-state index in [2.05, 4.69) is 11.6 Å². The van der Waals surface area contributed by atoms with Crippen LogP contribution in [0.15, 0.2) is 60.9 Å². The van der Waals surface area contributed by atoms with Gasteiger partial charge in [-0.25, -0.2) is 13.2 Å². The molecule has 224 valence electrons. The van der Waals surface area contributed by atoms with E-state index >= 15 is 4.39 Å². The van der Waals surface area contributed by atoms with Crippen LogP contribution in [-0.4, -0.2) is 83.8 Å². The molecule has 0 bridgehead atoms. The van der Waals surface area contributed by atoms with Crippen molar-refractivity contribution < 1.29 is 22.7 Å². The number of carbonyl (C=O) groups excluding carboxylic acids is 1. The number of nitrogens with zero attached hydrogens (tertiary/aromatic N) is 5. The van der Waals surface area contributed by atoms with Crippen LogP contribution >= 0.6 is 11.6 Å². The Kier molecular flexibility index (Phi) is 7.91. The minimum absolute atomic E-state index is 0.0783. The number of piperazine rings is 1. The van der Waals surface area contributed by atoms with Crippen LogP contribution in [0.25, 0.3) is 32.8 Å². The number of likely N-dealkylation sites (tertiary alicyclic amines) is 1. The molecule has 3 atom stereocenters. The van der Waals surface area contributed by atoms with Crippen LogP contribution < -0.4 is 9.64 Å². The largest absolute Gasteiger partial charge is 0.462 e. The molecule has 3 heterocycles. The second-order valence-corrected chi connectivity index (χ2v) is 11.7. The molecule has 11 heteroatoms. The first-order valence-electron chi connectivity index (χ1n) is 14.2. The number of amides is 1. The van der Waals surface area contributed by atoms with Gasteiger partial charge in [-0.1, -0.05) is 48.5 Å². The first-order chi connectivity index (χ1) is 20.6. The van der Waals surface area contributed by atoms with Gasteiger partial charge in [-0.2, -0.15) is 9.97 Å². The highest BCUT2D eigenvalue weighted by atomic mass is 35.5. The van der Waals surface area contributed by atoms with Gasteiger partial charge < -0.3 is 14.5 Å². The predicted molar refractivity (Wildman–Crippen MR) is 163 cm³/mol. The molecule has 43 heavy (non-hydrogen) atoms. The van der Waals surface area contributed by atoms with E-state index in [1.54, 1.807) is 12.1 Å². The maximum absolute atomic E-state index is 16.0. The van der Waals surface area contributed by atoms with E-state index in [9.17, 15) is 13.6 Å². The summed E-state index contributed by atoms with van der Waals surface area (Å²) in [4.78, 5) is 26.8. The Hall–Kier alpha value is -3.89. The predicted octanol–water partition coefficient (Wildman–Crippen LogP) is 6.18. The number of likely N-dealkylation sites (N-methyl/N-ethyl adjacent to an activating group) is 1. The highest BCUT2D eigenvalue weighted by molar-refractivity contribution is 6.36. The lowest BCUT2D eigenvalue weighted by Crippen LogP contribution is -2.54. The van der Waals surface area contributed by atoms with Crippen molar-refractivity contribution in [3.05, 3.63) is 71.8 Å². The number of benzene rings is 3. The number of ether oxygens (including phenoxy) is 1. The van der Waals surface area contributed by atoms with Gasteiger partial charge in [0.1, 0.15) is 24.4 Å². The molecular formula is C32H31ClF3N5O2. The van der Waals surface area contributed by atoms with Gasteiger partial charge in [0.2, 0.25) is 0 Å². The maximum Gasteiger partial charge on any atom is 0.319 e. The second kappa shape index (κ2) is 11.7. The zero-order valence-electron chi connectivity index (χ0n) is 23.9. The van der Waals surface area contributed by atoms with Crippen molar-refractivity contribution in [2.75, 3.05) is 44.7 Å². The Morgan fingerprint density at radius 2 is 1.88 bits per heavy atom. The highest BCUT2D eigenvalue weighted by Gasteiger charge is 2.32. The van der Waals surface area contributed by atoms with Gasteiger partial charge in [0, 0.05) is 59.6 Å². The number of rotatable bonds is 6. The summed E-state index contributed by atoms with van der Waals surface area (Å²) in [6, 6.07) is 13.9. The fraction of sp³-hybridized carbons (Fsp3) is 0.344. The molecular weight excluding hydrogens is 579 g/mol. The normalized spacial score (nSPS) is 21.1. The average Bonchev–Trinajstić information content (AvgIpc) is 3.31. The van der Waals surface area contributed by atoms with Crippen LogP contribution in [0.1, 0.15) is 13.3 Å². The fourth-order valence-corrected chi connectivity index (χ4v) is 6.41. The molecule has 0 saturated carbocycles. The molecule has 2 aliphatic rings. The van der Waals surface area contributed by atoms with E-state index in [1.165, 1.54) is 11.0 Å². The minimum atomic E-state index is -1.01. The topological polar surface area (TPSA) is 61.8 Å². The lowest BCUT2D eigenvalue weighted by molar-refractivity contribution is -0.129. The zero-order chi connectivity index (χ0) is 30.4. The molecule has 2 saturated heterocycles. The van der Waals surface area contributed by atoms with E-state index in [4.69, 9.17) is 21.3 Å². The molecule has 0 N–H and O–H groups in total. The Balaban J connectivity index is 1.44. The summed E-state index contributed by atoms with van der Waals surface area (Å²) in [5.74, 6) is -1.81. The first kappa shape index (κ1) is 29.2. The summed E-state index contributed by atoms with van der Waals surface area (Å²) in [7, 11) is 1.85. The van der Waals surface area contributed by atoms with Crippen molar-refractivity contribution in [3.8, 4) is 17.1 Å². The van der Waals surface area contributed by atoms with Gasteiger partial charge in [0.05, 0.1) is 5.52 Å². The molecule has 2 aliphatic heterocycles. The highest BCUT2D eigenvalue weighted by Crippen LogP contribution is 2.38. The molecule has 2 fully saturated rings. The number of aromatic nitrogens is 2. The van der Waals surface area contributed by atoms with Gasteiger partial charge in [0.25, 0.3) is 5.91 Å². The molecule has 7 nitrogen and oxygen atoms in total. The summed E-state index contributed by atoms with van der Waals surface area (Å²) in [5, 5.41) is 2.57. The Bertz CT molecular complexity index is 1730. The van der Waals surface area contributed by atoms with Crippen molar-refractivity contribution in [2.24, 2.45) is 0 Å². The lowest BCUT2D eigenvalue weighted by Gasteiger charge is -2.40. The van der Waals surface area contributed by atoms with Crippen LogP contribution in [0.4, 0.5) is 19.0 Å². The SMILES string of the molecule is C=C(F)C(=O)N1CCN(c2nc(OC[C@@H]3C[C@@H](F)CN3C)nc3cc(-c4cccc5cccc(Cl)c45)c(F)cc23)[C@@H](C)C1. The molecule has 4 aromatic rings. The monoisotopic (exact) mass is 609 g/mol. The van der Waals surface area contributed by atoms with E-state index in [-0.39, 0.29) is 37.8 Å². The van der Waals surface area contributed by atoms with Crippen molar-refractivity contribution in [1.29, 1.82) is 0 Å². The van der Waals surface area contributed by atoms with Crippen molar-refractivity contribution in [2.45, 2.75) is 31.6 Å². The molecule has 0 aliphatic carbocycles. The Labute approximate surface area is 252 Å². The van der Waals surface area contributed by atoms with Gasteiger partial charge in [-0.05, 0) is 49.5 Å². The van der Waals surface area contributed by atoms with Gasteiger partial charge in [0.15, 0.2) is 5.83 Å². The third-order valence-electron chi connectivity index (χ3n) is 8.35. The Morgan fingerprint density at radius 1 is 1.12 bits per heavy atom. The quantitative estimate of drug-likeness (QED) is 0.243. The molecule has 0 radical (unpaired) electrons. The number of halogens is 4. The third-order valence-corrected chi connectivity index (χ3v) is 8.66. The summed E-state index contributed by atoms with van der Waals surface area (Å²) >= 11 is 6.57. The van der Waals surface area contributed by atoms with E-state index in [1.807, 2.05) is 54.1 Å². The lowest BCUT2D eigenvalue weighted by atomic mass is 9.96. The number of fused-ring (bicyclic) bond motifs is 2. The van der Waals surface area contributed by atoms with Crippen LogP contribution in [0.5, 0.6) is 6.01 Å². The summed E-state index contributed by atoms with van der Waals surface area (Å²) in [6.07, 6.45) is -0.578. The zero-order valence-corrected chi connectivity index (χ0v) is 24.6. The summed E-state index contributed by atoms with van der Waals surface area (Å²) in [5.41, 5.74) is 1.40. The molecule has 3 aromatic carbocycles. The van der Waals surface area contributed by atoms with Crippen LogP contribution in [-0.2, 0) is 4.79 Å². The first-order valence-corrected chi connectivity index (χ1v) is 14.5. The standard InChI is InChI=1S/C32H31ClF3N5O2/c1-18-15-40(31(42)19(2)34)10-11-41(18)30-25-13-27(36)24(23-8-4-6-20-7-5-9-26(33)29(20)23)14-28(25)37-32(38-30)43-17-22-12-21(35)16-39(22)3/h4-9,13-14,18,21-22H,2,10-12,15-17H2,1,3H3/t18-,21+,22-/m0/s1. The van der Waals surface area contributed by atoms with Gasteiger partial charge in [-0.3, -0.25) is 9.69 Å². The number of carbonyl (C=O) groups is 1. The summed E-state index contributed by atoms with van der Waals surface area (Å²) in [6.45, 7) is 6.31. The minimum Gasteiger partial charge on any atom is -0.462 e. The maximum atomic E-state index is 16.0. The number of anilines is 1. The number of hydrogen-bond acceptors (Lipinski definition) is 6. The third kappa shape index (κ3) is 5.61. The van der Waals surface area contributed by atoms with Gasteiger partial charge in [-0.15, -0.1) is 0 Å². The van der Waals surface area contributed by atoms with Crippen LogP contribution in [0.2, 0.25) is 5.02 Å². The smallest absolute Gasteiger partial charge is 0.319 e. The van der Waals surface area contributed by atoms with Crippen molar-refractivity contribution in [1.82, 2.24) is 19.8 Å². The van der Waals surface area contributed by atoms with Crippen LogP contribution in [0, 0.1) is 5.82 Å². The van der Waals surface area contributed by atoms with E-state index in [0.717, 1.165) is 10.8 Å². The number of hydrogen-bond donors (Lipinski definition) is 0. The average molecular weight is 610 g/mol. The van der Waals surface area contributed by atoms with E-state index < -0.39 is 23.7 Å². The molecule has 1 amide bonds. The van der Waals surface area contributed by atoms with Crippen molar-refractivity contribution >= 4 is 45.0 Å². The molecule has 0 unspecified atom stereocenters. The fourth-order valence-electron chi connectivity index (χ4n) is 6.13. The van der Waals surface area contributed by atoms with Gasteiger partial charge >= 0.3 is 6.01 Å². The second-order valence-electron chi connectivity index (χ2n) is 11.3. The van der Waals surface area contributed by atoms with E-state index in [0.29, 0.717) is 52.4 Å². The number of alkyl halides is 1. The Morgan fingerprint density at radius 3 is 2.58 bits per heavy atom. The molecule has 1 aromatic heterocycles. The van der Waals surface area contributed by atoms with Crippen LogP contribution in [0.3, 0.4) is 0 Å². The molecule has 6 rings (SSSR count). The molecule has 0 spiro atoms. The van der Waals surface area contributed by atoms with Crippen molar-refractivity contribution in [3.63, 3.8) is 0 Å². The summed E-state index contributed by atoms with van der Waals surface area (Å²) < 4.78 is 49.6.